The number of rotatable bonds is 7. The Morgan fingerprint density at radius 1 is 1.32 bits per heavy atom. The second kappa shape index (κ2) is 8.57. The zero-order valence-electron chi connectivity index (χ0n) is 15.3. The molecule has 28 heavy (non-hydrogen) atoms. The molecule has 0 aliphatic rings. The predicted molar refractivity (Wildman–Crippen MR) is 107 cm³/mol. The van der Waals surface area contributed by atoms with Crippen LogP contribution in [0.2, 0.25) is 0 Å². The maximum absolute atomic E-state index is 12.3. The molecule has 0 fully saturated rings. The summed E-state index contributed by atoms with van der Waals surface area (Å²) < 4.78 is 6.88. The molecule has 1 N–H and O–H groups in total. The van der Waals surface area contributed by atoms with Crippen molar-refractivity contribution in [2.45, 2.75) is 12.1 Å². The molecule has 0 unspecified atom stereocenters. The molecule has 0 saturated carbocycles. The maximum atomic E-state index is 12.3. The number of amides is 1. The molecule has 1 amide bonds. The number of nitro groups is 1. The molecule has 1 heterocycles. The second-order valence-electron chi connectivity index (χ2n) is 5.90. The Morgan fingerprint density at radius 3 is 2.86 bits per heavy atom. The summed E-state index contributed by atoms with van der Waals surface area (Å²) in [5, 5.41) is 14.5. The summed E-state index contributed by atoms with van der Waals surface area (Å²) in [6, 6.07) is 12.2. The number of anilines is 1. The van der Waals surface area contributed by atoms with Gasteiger partial charge in [0.05, 0.1) is 23.9 Å². The van der Waals surface area contributed by atoms with Crippen LogP contribution in [0.15, 0.2) is 60.0 Å². The lowest BCUT2D eigenvalue weighted by atomic mass is 10.2. The minimum atomic E-state index is -0.560. The van der Waals surface area contributed by atoms with Gasteiger partial charge in [-0.15, -0.1) is 0 Å². The Kier molecular flexibility index (Phi) is 5.95. The molecule has 0 radical (unpaired) electrons. The van der Waals surface area contributed by atoms with E-state index in [4.69, 9.17) is 4.74 Å². The van der Waals surface area contributed by atoms with Crippen molar-refractivity contribution in [2.24, 2.45) is 0 Å². The van der Waals surface area contributed by atoms with E-state index in [1.807, 2.05) is 42.0 Å². The van der Waals surface area contributed by atoms with Gasteiger partial charge in [-0.2, -0.15) is 0 Å². The topological polar surface area (TPSA) is 99.3 Å². The molecule has 3 rings (SSSR count). The van der Waals surface area contributed by atoms with E-state index in [2.05, 4.69) is 10.3 Å². The number of aromatic nitrogens is 2. The molecular weight excluding hydrogens is 380 g/mol. The first-order chi connectivity index (χ1) is 13.5. The predicted octanol–water partition coefficient (Wildman–Crippen LogP) is 3.83. The zero-order chi connectivity index (χ0) is 20.1. The number of carbonyl (C=O) groups excluding carboxylic acids is 1. The zero-order valence-corrected chi connectivity index (χ0v) is 16.1. The van der Waals surface area contributed by atoms with Crippen molar-refractivity contribution in [3.63, 3.8) is 0 Å². The van der Waals surface area contributed by atoms with Crippen molar-refractivity contribution in [2.75, 3.05) is 18.2 Å². The molecule has 0 bridgehead atoms. The summed E-state index contributed by atoms with van der Waals surface area (Å²) in [7, 11) is 1.42. The maximum Gasteiger partial charge on any atom is 0.296 e. The van der Waals surface area contributed by atoms with Gasteiger partial charge < -0.3 is 10.1 Å². The highest BCUT2D eigenvalue weighted by atomic mass is 32.2. The fraction of sp³-hybridized carbons (Fsp3) is 0.158. The van der Waals surface area contributed by atoms with Gasteiger partial charge in [0.1, 0.15) is 11.4 Å². The molecular formula is C19H18N4O4S. The highest BCUT2D eigenvalue weighted by Crippen LogP contribution is 2.29. The smallest absolute Gasteiger partial charge is 0.296 e. The van der Waals surface area contributed by atoms with E-state index in [9.17, 15) is 14.9 Å². The normalized spacial score (nSPS) is 10.5. The van der Waals surface area contributed by atoms with E-state index >= 15 is 0 Å². The number of nitro benzene ring substituents is 1. The van der Waals surface area contributed by atoms with Gasteiger partial charge in [0, 0.05) is 18.1 Å². The first-order valence-electron chi connectivity index (χ1n) is 8.33. The van der Waals surface area contributed by atoms with Crippen molar-refractivity contribution >= 4 is 29.0 Å². The Bertz CT molecular complexity index is 1020. The standard InChI is InChI=1S/C19H18N4O4S/c1-13-4-3-5-14(10-13)22-9-8-20-19(22)28-12-18(24)21-16-7-6-15(27-2)11-17(16)23(25)26/h3-11H,12H2,1-2H3,(H,21,24). The van der Waals surface area contributed by atoms with E-state index in [0.29, 0.717) is 10.9 Å². The van der Waals surface area contributed by atoms with Crippen LogP contribution in [0.1, 0.15) is 5.56 Å². The number of carbonyl (C=O) groups is 1. The van der Waals surface area contributed by atoms with Crippen molar-refractivity contribution in [3.8, 4) is 11.4 Å². The minimum Gasteiger partial charge on any atom is -0.496 e. The molecule has 8 nitrogen and oxygen atoms in total. The number of aryl methyl sites for hydroxylation is 1. The largest absolute Gasteiger partial charge is 0.496 e. The summed E-state index contributed by atoms with van der Waals surface area (Å²) in [5.41, 5.74) is 1.97. The fourth-order valence-corrected chi connectivity index (χ4v) is 3.36. The van der Waals surface area contributed by atoms with Crippen LogP contribution in [0.25, 0.3) is 5.69 Å². The van der Waals surface area contributed by atoms with E-state index in [1.165, 1.54) is 31.0 Å². The first-order valence-corrected chi connectivity index (χ1v) is 9.32. The van der Waals surface area contributed by atoms with Gasteiger partial charge in [-0.05, 0) is 36.8 Å². The quantitative estimate of drug-likeness (QED) is 0.369. The lowest BCUT2D eigenvalue weighted by molar-refractivity contribution is -0.384. The van der Waals surface area contributed by atoms with Crippen LogP contribution in [0.5, 0.6) is 5.75 Å². The second-order valence-corrected chi connectivity index (χ2v) is 6.84. The summed E-state index contributed by atoms with van der Waals surface area (Å²) in [6.07, 6.45) is 3.49. The highest BCUT2D eigenvalue weighted by molar-refractivity contribution is 7.99. The monoisotopic (exact) mass is 398 g/mol. The molecule has 0 atom stereocenters. The third kappa shape index (κ3) is 4.49. The van der Waals surface area contributed by atoms with Crippen LogP contribution < -0.4 is 10.1 Å². The number of imidazole rings is 1. The van der Waals surface area contributed by atoms with Gasteiger partial charge >= 0.3 is 0 Å². The SMILES string of the molecule is COc1ccc(NC(=O)CSc2nccn2-c2cccc(C)c2)c([N+](=O)[O-])c1. The average molecular weight is 398 g/mol. The number of nitrogens with one attached hydrogen (secondary N) is 1. The molecule has 0 aliphatic heterocycles. The van der Waals surface area contributed by atoms with Gasteiger partial charge in [-0.3, -0.25) is 19.5 Å². The van der Waals surface area contributed by atoms with Crippen LogP contribution >= 0.6 is 11.8 Å². The summed E-state index contributed by atoms with van der Waals surface area (Å²) in [4.78, 5) is 27.3. The number of thioether (sulfide) groups is 1. The van der Waals surface area contributed by atoms with Crippen molar-refractivity contribution < 1.29 is 14.5 Å². The molecule has 0 saturated heterocycles. The highest BCUT2D eigenvalue weighted by Gasteiger charge is 2.18. The van der Waals surface area contributed by atoms with Crippen LogP contribution in [0.4, 0.5) is 11.4 Å². The molecule has 0 aliphatic carbocycles. The van der Waals surface area contributed by atoms with Crippen molar-refractivity contribution in [1.82, 2.24) is 9.55 Å². The van der Waals surface area contributed by atoms with Gasteiger partial charge in [-0.1, -0.05) is 23.9 Å². The van der Waals surface area contributed by atoms with Crippen LogP contribution in [-0.2, 0) is 4.79 Å². The van der Waals surface area contributed by atoms with E-state index < -0.39 is 4.92 Å². The molecule has 3 aromatic rings. The Balaban J connectivity index is 1.69. The van der Waals surface area contributed by atoms with E-state index in [0.717, 1.165) is 11.3 Å². The Labute approximate surface area is 165 Å². The summed E-state index contributed by atoms with van der Waals surface area (Å²) in [5.74, 6) is 0.0442. The van der Waals surface area contributed by atoms with Crippen LogP contribution in [-0.4, -0.2) is 33.2 Å². The summed E-state index contributed by atoms with van der Waals surface area (Å²) in [6.45, 7) is 2.00. The first kappa shape index (κ1) is 19.4. The lowest BCUT2D eigenvalue weighted by Crippen LogP contribution is -2.15. The van der Waals surface area contributed by atoms with Crippen LogP contribution in [0, 0.1) is 17.0 Å². The van der Waals surface area contributed by atoms with Gasteiger partial charge in [0.25, 0.3) is 5.69 Å². The minimum absolute atomic E-state index is 0.0615. The molecule has 9 heteroatoms. The average Bonchev–Trinajstić information content (AvgIpc) is 3.15. The van der Waals surface area contributed by atoms with E-state index in [-0.39, 0.29) is 23.0 Å². The van der Waals surface area contributed by atoms with Gasteiger partial charge in [0.15, 0.2) is 5.16 Å². The van der Waals surface area contributed by atoms with Crippen molar-refractivity contribution in [3.05, 3.63) is 70.5 Å². The van der Waals surface area contributed by atoms with Gasteiger partial charge in [0.2, 0.25) is 5.91 Å². The number of ether oxygens (including phenoxy) is 1. The third-order valence-electron chi connectivity index (χ3n) is 3.89. The third-order valence-corrected chi connectivity index (χ3v) is 4.86. The number of hydrogen-bond donors (Lipinski definition) is 1. The lowest BCUT2D eigenvalue weighted by Gasteiger charge is -2.09. The fourth-order valence-electron chi connectivity index (χ4n) is 2.58. The number of methoxy groups -OCH3 is 1. The number of nitrogens with zero attached hydrogens (tertiary/aromatic N) is 3. The number of hydrogen-bond acceptors (Lipinski definition) is 6. The van der Waals surface area contributed by atoms with Crippen molar-refractivity contribution in [1.29, 1.82) is 0 Å². The number of benzene rings is 2. The molecule has 2 aromatic carbocycles. The summed E-state index contributed by atoms with van der Waals surface area (Å²) >= 11 is 1.25. The Hall–Kier alpha value is -3.33. The van der Waals surface area contributed by atoms with E-state index in [1.54, 1.807) is 12.3 Å². The Morgan fingerprint density at radius 2 is 2.14 bits per heavy atom. The molecule has 144 valence electrons. The van der Waals surface area contributed by atoms with Gasteiger partial charge in [-0.25, -0.2) is 4.98 Å². The molecule has 0 spiro atoms. The molecule has 1 aromatic heterocycles. The van der Waals surface area contributed by atoms with Crippen LogP contribution in [0.3, 0.4) is 0 Å².